The quantitative estimate of drug-likeness (QED) is 0.484. The van der Waals surface area contributed by atoms with Crippen LogP contribution in [-0.4, -0.2) is 34.4 Å². The zero-order valence-electron chi connectivity index (χ0n) is 15.7. The number of nitrogens with zero attached hydrogens (tertiary/aromatic N) is 2. The number of hydrogen-bond acceptors (Lipinski definition) is 8. The lowest BCUT2D eigenvalue weighted by Gasteiger charge is -2.10. The third-order valence-electron chi connectivity index (χ3n) is 4.16. The summed E-state index contributed by atoms with van der Waals surface area (Å²) in [6.07, 6.45) is 0. The summed E-state index contributed by atoms with van der Waals surface area (Å²) in [5.74, 6) is 0.903. The SMILES string of the molecule is CC(=O)c1cc2c(cc1NC(=O)CSc1nnc(-c3cccc(C)c3)o1)OCO2. The second kappa shape index (κ2) is 7.96. The molecule has 0 bridgehead atoms. The number of thioether (sulfide) groups is 1. The number of rotatable bonds is 6. The Morgan fingerprint density at radius 3 is 2.69 bits per heavy atom. The zero-order valence-corrected chi connectivity index (χ0v) is 16.5. The van der Waals surface area contributed by atoms with E-state index in [0.29, 0.717) is 28.6 Å². The first kappa shape index (κ1) is 19.0. The molecule has 0 aliphatic carbocycles. The van der Waals surface area contributed by atoms with Gasteiger partial charge in [-0.3, -0.25) is 9.59 Å². The third-order valence-corrected chi connectivity index (χ3v) is 4.98. The lowest BCUT2D eigenvalue weighted by atomic mass is 10.1. The summed E-state index contributed by atoms with van der Waals surface area (Å²) in [6.45, 7) is 3.48. The molecule has 1 aliphatic rings. The van der Waals surface area contributed by atoms with Gasteiger partial charge in [0, 0.05) is 17.2 Å². The largest absolute Gasteiger partial charge is 0.454 e. The zero-order chi connectivity index (χ0) is 20.4. The van der Waals surface area contributed by atoms with Crippen LogP contribution in [0.2, 0.25) is 0 Å². The first-order chi connectivity index (χ1) is 14.0. The molecule has 1 aliphatic heterocycles. The molecule has 0 saturated heterocycles. The molecule has 2 heterocycles. The number of carbonyl (C=O) groups excluding carboxylic acids is 2. The van der Waals surface area contributed by atoms with Crippen LogP contribution < -0.4 is 14.8 Å². The highest BCUT2D eigenvalue weighted by Gasteiger charge is 2.20. The lowest BCUT2D eigenvalue weighted by Crippen LogP contribution is -2.16. The summed E-state index contributed by atoms with van der Waals surface area (Å²) in [7, 11) is 0. The molecule has 0 saturated carbocycles. The van der Waals surface area contributed by atoms with Gasteiger partial charge in [0.05, 0.1) is 11.4 Å². The van der Waals surface area contributed by atoms with Crippen LogP contribution in [-0.2, 0) is 4.79 Å². The number of amides is 1. The fraction of sp³-hybridized carbons (Fsp3) is 0.200. The summed E-state index contributed by atoms with van der Waals surface area (Å²) < 4.78 is 16.2. The molecule has 9 heteroatoms. The Morgan fingerprint density at radius 2 is 1.93 bits per heavy atom. The molecule has 1 N–H and O–H groups in total. The number of hydrogen-bond donors (Lipinski definition) is 1. The van der Waals surface area contributed by atoms with E-state index in [4.69, 9.17) is 13.9 Å². The monoisotopic (exact) mass is 411 g/mol. The topological polar surface area (TPSA) is 104 Å². The maximum Gasteiger partial charge on any atom is 0.277 e. The number of aryl methyl sites for hydroxylation is 1. The molecule has 29 heavy (non-hydrogen) atoms. The van der Waals surface area contributed by atoms with Gasteiger partial charge in [0.25, 0.3) is 5.22 Å². The highest BCUT2D eigenvalue weighted by Crippen LogP contribution is 2.37. The molecule has 0 atom stereocenters. The third kappa shape index (κ3) is 4.24. The van der Waals surface area contributed by atoms with Crippen molar-refractivity contribution in [1.82, 2.24) is 10.2 Å². The van der Waals surface area contributed by atoms with Crippen molar-refractivity contribution in [3.05, 3.63) is 47.5 Å². The van der Waals surface area contributed by atoms with Crippen molar-refractivity contribution in [2.45, 2.75) is 19.1 Å². The normalized spacial score (nSPS) is 12.1. The van der Waals surface area contributed by atoms with Gasteiger partial charge in [-0.15, -0.1) is 10.2 Å². The van der Waals surface area contributed by atoms with Crippen molar-refractivity contribution in [1.29, 1.82) is 0 Å². The number of anilines is 1. The molecule has 1 aromatic heterocycles. The standard InChI is InChI=1S/C20H17N3O5S/c1-11-4-3-5-13(6-11)19-22-23-20(28-19)29-9-18(25)21-15-8-17-16(26-10-27-17)7-14(15)12(2)24/h3-8H,9-10H2,1-2H3,(H,21,25). The van der Waals surface area contributed by atoms with E-state index < -0.39 is 0 Å². The summed E-state index contributed by atoms with van der Waals surface area (Å²) in [6, 6.07) is 10.9. The predicted octanol–water partition coefficient (Wildman–Crippen LogP) is 3.71. The maximum atomic E-state index is 12.4. The fourth-order valence-electron chi connectivity index (χ4n) is 2.81. The molecule has 1 amide bonds. The van der Waals surface area contributed by atoms with E-state index in [-0.39, 0.29) is 29.5 Å². The Hall–Kier alpha value is -3.33. The fourth-order valence-corrected chi connectivity index (χ4v) is 3.38. The van der Waals surface area contributed by atoms with E-state index in [0.717, 1.165) is 22.9 Å². The maximum absolute atomic E-state index is 12.4. The number of aromatic nitrogens is 2. The van der Waals surface area contributed by atoms with E-state index >= 15 is 0 Å². The minimum Gasteiger partial charge on any atom is -0.454 e. The molecular formula is C20H17N3O5S. The van der Waals surface area contributed by atoms with E-state index in [1.54, 1.807) is 12.1 Å². The number of nitrogens with one attached hydrogen (secondary N) is 1. The van der Waals surface area contributed by atoms with Gasteiger partial charge in [0.2, 0.25) is 18.6 Å². The summed E-state index contributed by atoms with van der Waals surface area (Å²) >= 11 is 1.11. The van der Waals surface area contributed by atoms with Crippen molar-refractivity contribution in [3.63, 3.8) is 0 Å². The average molecular weight is 411 g/mol. The van der Waals surface area contributed by atoms with Crippen LogP contribution in [0, 0.1) is 6.92 Å². The number of ether oxygens (including phenoxy) is 2. The van der Waals surface area contributed by atoms with Gasteiger partial charge in [-0.1, -0.05) is 29.5 Å². The molecule has 8 nitrogen and oxygen atoms in total. The van der Waals surface area contributed by atoms with Crippen LogP contribution in [0.3, 0.4) is 0 Å². The molecular weight excluding hydrogens is 394 g/mol. The molecule has 148 valence electrons. The number of carbonyl (C=O) groups is 2. The van der Waals surface area contributed by atoms with Crippen molar-refractivity contribution < 1.29 is 23.5 Å². The molecule has 3 aromatic rings. The van der Waals surface area contributed by atoms with Crippen LogP contribution in [0.4, 0.5) is 5.69 Å². The Morgan fingerprint density at radius 1 is 1.14 bits per heavy atom. The smallest absolute Gasteiger partial charge is 0.277 e. The van der Waals surface area contributed by atoms with Crippen LogP contribution >= 0.6 is 11.8 Å². The van der Waals surface area contributed by atoms with Crippen LogP contribution in [0.1, 0.15) is 22.8 Å². The minimum atomic E-state index is -0.313. The average Bonchev–Trinajstić information content (AvgIpc) is 3.34. The van der Waals surface area contributed by atoms with E-state index in [2.05, 4.69) is 15.5 Å². The van der Waals surface area contributed by atoms with E-state index in [1.165, 1.54) is 6.92 Å². The number of ketones is 1. The van der Waals surface area contributed by atoms with Crippen LogP contribution in [0.5, 0.6) is 11.5 Å². The van der Waals surface area contributed by atoms with Crippen molar-refractivity contribution in [2.24, 2.45) is 0 Å². The number of benzene rings is 2. The van der Waals surface area contributed by atoms with Gasteiger partial charge < -0.3 is 19.2 Å². The van der Waals surface area contributed by atoms with Gasteiger partial charge in [-0.05, 0) is 32.0 Å². The molecule has 0 fully saturated rings. The van der Waals surface area contributed by atoms with Crippen molar-refractivity contribution in [2.75, 3.05) is 17.9 Å². The predicted molar refractivity (Wildman–Crippen MR) is 106 cm³/mol. The second-order valence-corrected chi connectivity index (χ2v) is 7.31. The highest BCUT2D eigenvalue weighted by atomic mass is 32.2. The van der Waals surface area contributed by atoms with Gasteiger partial charge in [0.15, 0.2) is 17.3 Å². The van der Waals surface area contributed by atoms with Crippen molar-refractivity contribution >= 4 is 29.1 Å². The molecule has 4 rings (SSSR count). The van der Waals surface area contributed by atoms with Gasteiger partial charge in [0.1, 0.15) is 0 Å². The summed E-state index contributed by atoms with van der Waals surface area (Å²) in [4.78, 5) is 24.3. The minimum absolute atomic E-state index is 0.0429. The Labute approximate surface area is 170 Å². The van der Waals surface area contributed by atoms with Crippen LogP contribution in [0.15, 0.2) is 46.0 Å². The first-order valence-corrected chi connectivity index (χ1v) is 9.76. The Balaban J connectivity index is 1.42. The van der Waals surface area contributed by atoms with E-state index in [1.807, 2.05) is 31.2 Å². The number of Topliss-reactive ketones (excluding diaryl/α,β-unsaturated/α-hetero) is 1. The molecule has 0 unspecified atom stereocenters. The molecule has 0 radical (unpaired) electrons. The summed E-state index contributed by atoms with van der Waals surface area (Å²) in [5.41, 5.74) is 2.63. The number of fused-ring (bicyclic) bond motifs is 1. The Bertz CT molecular complexity index is 1100. The Kier molecular flexibility index (Phi) is 5.22. The van der Waals surface area contributed by atoms with E-state index in [9.17, 15) is 9.59 Å². The van der Waals surface area contributed by atoms with Crippen LogP contribution in [0.25, 0.3) is 11.5 Å². The van der Waals surface area contributed by atoms with Gasteiger partial charge in [-0.2, -0.15) is 0 Å². The highest BCUT2D eigenvalue weighted by molar-refractivity contribution is 7.99. The lowest BCUT2D eigenvalue weighted by molar-refractivity contribution is -0.113. The second-order valence-electron chi connectivity index (χ2n) is 6.39. The van der Waals surface area contributed by atoms with Gasteiger partial charge in [-0.25, -0.2) is 0 Å². The van der Waals surface area contributed by atoms with Crippen molar-refractivity contribution in [3.8, 4) is 23.0 Å². The molecule has 0 spiro atoms. The van der Waals surface area contributed by atoms with Gasteiger partial charge >= 0.3 is 0 Å². The first-order valence-electron chi connectivity index (χ1n) is 8.77. The summed E-state index contributed by atoms with van der Waals surface area (Å²) in [5, 5.41) is 11.0. The molecule has 2 aromatic carbocycles.